The van der Waals surface area contributed by atoms with E-state index >= 15 is 0 Å². The number of aromatic amines is 1. The predicted octanol–water partition coefficient (Wildman–Crippen LogP) is 3.86. The van der Waals surface area contributed by atoms with Crippen molar-refractivity contribution in [1.82, 2.24) is 14.8 Å². The van der Waals surface area contributed by atoms with Gasteiger partial charge in [-0.3, -0.25) is 5.10 Å². The first-order chi connectivity index (χ1) is 9.24. The molecule has 0 bridgehead atoms. The summed E-state index contributed by atoms with van der Waals surface area (Å²) in [4.78, 5) is 0. The van der Waals surface area contributed by atoms with Crippen LogP contribution in [0.4, 0.5) is 0 Å². The fraction of sp³-hybridized carbons (Fsp3) is 0.467. The second-order valence-electron chi connectivity index (χ2n) is 5.85. The van der Waals surface area contributed by atoms with Crippen molar-refractivity contribution < 1.29 is 0 Å². The van der Waals surface area contributed by atoms with Crippen LogP contribution < -0.4 is 0 Å². The number of H-pyrrole nitrogens is 1. The van der Waals surface area contributed by atoms with E-state index in [1.165, 1.54) is 36.2 Å². The monoisotopic (exact) mass is 271 g/mol. The summed E-state index contributed by atoms with van der Waals surface area (Å²) in [5.74, 6) is 2.36. The molecular formula is C15H17N3S. The lowest BCUT2D eigenvalue weighted by atomic mass is 10.1. The molecule has 0 amide bonds. The summed E-state index contributed by atoms with van der Waals surface area (Å²) in [6, 6.07) is 9.51. The minimum Gasteiger partial charge on any atom is -0.301 e. The zero-order chi connectivity index (χ0) is 13.0. The van der Waals surface area contributed by atoms with E-state index in [2.05, 4.69) is 46.0 Å². The van der Waals surface area contributed by atoms with Crippen LogP contribution in [0.25, 0.3) is 0 Å². The van der Waals surface area contributed by atoms with Crippen LogP contribution in [0, 0.1) is 11.7 Å². The molecule has 2 aromatic rings. The first-order valence-electron chi connectivity index (χ1n) is 6.97. The van der Waals surface area contributed by atoms with Crippen LogP contribution in [0.5, 0.6) is 0 Å². The van der Waals surface area contributed by atoms with Crippen LogP contribution in [-0.4, -0.2) is 14.8 Å². The van der Waals surface area contributed by atoms with Gasteiger partial charge in [-0.2, -0.15) is 5.10 Å². The van der Waals surface area contributed by atoms with Crippen LogP contribution in [0.1, 0.15) is 54.1 Å². The molecule has 0 saturated heterocycles. The van der Waals surface area contributed by atoms with E-state index in [4.69, 9.17) is 12.2 Å². The van der Waals surface area contributed by atoms with Crippen LogP contribution in [0.3, 0.4) is 0 Å². The Hall–Kier alpha value is -1.42. The number of hydrogen-bond donors (Lipinski definition) is 1. The van der Waals surface area contributed by atoms with Gasteiger partial charge in [-0.25, -0.2) is 0 Å². The topological polar surface area (TPSA) is 33.6 Å². The van der Waals surface area contributed by atoms with Gasteiger partial charge < -0.3 is 4.57 Å². The van der Waals surface area contributed by atoms with Crippen molar-refractivity contribution in [3.05, 3.63) is 46.0 Å². The third-order valence-corrected chi connectivity index (χ3v) is 4.56. The van der Waals surface area contributed by atoms with E-state index in [1.54, 1.807) is 0 Å². The SMILES string of the molecule is Cc1ccc([C@@H]2C[C@H]2c2n[nH]c(=S)n2C2CC2)cc1. The Bertz CT molecular complexity index is 663. The lowest BCUT2D eigenvalue weighted by Crippen LogP contribution is -2.01. The molecule has 98 valence electrons. The first-order valence-corrected chi connectivity index (χ1v) is 7.38. The van der Waals surface area contributed by atoms with Crippen LogP contribution in [0.15, 0.2) is 24.3 Å². The van der Waals surface area contributed by atoms with Crippen LogP contribution in [0.2, 0.25) is 0 Å². The van der Waals surface area contributed by atoms with Crippen molar-refractivity contribution >= 4 is 12.2 Å². The molecule has 1 heterocycles. The lowest BCUT2D eigenvalue weighted by molar-refractivity contribution is 0.671. The van der Waals surface area contributed by atoms with E-state index in [9.17, 15) is 0 Å². The van der Waals surface area contributed by atoms with E-state index in [0.717, 1.165) is 4.77 Å². The summed E-state index contributed by atoms with van der Waals surface area (Å²) in [6.45, 7) is 2.13. The zero-order valence-electron chi connectivity index (χ0n) is 11.0. The Kier molecular flexibility index (Phi) is 2.42. The summed E-state index contributed by atoms with van der Waals surface area (Å²) in [5, 5.41) is 7.45. The normalized spacial score (nSPS) is 25.5. The predicted molar refractivity (Wildman–Crippen MR) is 77.0 cm³/mol. The number of aryl methyl sites for hydroxylation is 1. The molecule has 2 saturated carbocycles. The lowest BCUT2D eigenvalue weighted by Gasteiger charge is -2.04. The number of nitrogens with zero attached hydrogens (tertiary/aromatic N) is 2. The number of benzene rings is 1. The Morgan fingerprint density at radius 3 is 2.63 bits per heavy atom. The van der Waals surface area contributed by atoms with E-state index in [1.807, 2.05) is 0 Å². The molecule has 3 nitrogen and oxygen atoms in total. The largest absolute Gasteiger partial charge is 0.301 e. The highest BCUT2D eigenvalue weighted by Crippen LogP contribution is 2.55. The zero-order valence-corrected chi connectivity index (χ0v) is 11.8. The molecule has 1 aromatic carbocycles. The van der Waals surface area contributed by atoms with Crippen molar-refractivity contribution in [2.75, 3.05) is 0 Å². The Labute approximate surface area is 117 Å². The maximum absolute atomic E-state index is 5.35. The molecule has 0 spiro atoms. The highest BCUT2D eigenvalue weighted by atomic mass is 32.1. The Morgan fingerprint density at radius 2 is 1.95 bits per heavy atom. The smallest absolute Gasteiger partial charge is 0.195 e. The molecule has 1 N–H and O–H groups in total. The Morgan fingerprint density at radius 1 is 1.21 bits per heavy atom. The fourth-order valence-electron chi connectivity index (χ4n) is 2.93. The van der Waals surface area contributed by atoms with Crippen molar-refractivity contribution in [3.63, 3.8) is 0 Å². The van der Waals surface area contributed by atoms with E-state index in [0.29, 0.717) is 17.9 Å². The molecule has 4 rings (SSSR count). The summed E-state index contributed by atoms with van der Waals surface area (Å²) in [7, 11) is 0. The van der Waals surface area contributed by atoms with Gasteiger partial charge in [0, 0.05) is 12.0 Å². The van der Waals surface area contributed by atoms with Crippen LogP contribution >= 0.6 is 12.2 Å². The highest BCUT2D eigenvalue weighted by molar-refractivity contribution is 7.71. The van der Waals surface area contributed by atoms with Crippen molar-refractivity contribution in [2.24, 2.45) is 0 Å². The molecule has 1 aromatic heterocycles. The third kappa shape index (κ3) is 1.94. The van der Waals surface area contributed by atoms with E-state index < -0.39 is 0 Å². The first kappa shape index (κ1) is 11.4. The van der Waals surface area contributed by atoms with Crippen molar-refractivity contribution in [2.45, 2.75) is 44.1 Å². The second kappa shape index (κ2) is 4.04. The second-order valence-corrected chi connectivity index (χ2v) is 6.23. The number of nitrogens with one attached hydrogen (secondary N) is 1. The molecular weight excluding hydrogens is 254 g/mol. The Balaban J connectivity index is 1.62. The number of rotatable bonds is 3. The summed E-state index contributed by atoms with van der Waals surface area (Å²) in [5.41, 5.74) is 2.76. The maximum Gasteiger partial charge on any atom is 0.195 e. The van der Waals surface area contributed by atoms with Crippen molar-refractivity contribution in [3.8, 4) is 0 Å². The standard InChI is InChI=1S/C15H17N3S/c1-9-2-4-10(5-3-9)12-8-13(12)14-16-17-15(19)18(14)11-6-7-11/h2-5,11-13H,6-8H2,1H3,(H,17,19)/t12-,13+/m0/s1. The summed E-state index contributed by atoms with van der Waals surface area (Å²) >= 11 is 5.35. The third-order valence-electron chi connectivity index (χ3n) is 4.27. The number of hydrogen-bond acceptors (Lipinski definition) is 2. The maximum atomic E-state index is 5.35. The highest BCUT2D eigenvalue weighted by Gasteiger charge is 2.44. The average Bonchev–Trinajstić information content (AvgIpc) is 3.31. The molecule has 2 aliphatic rings. The van der Waals surface area contributed by atoms with Crippen molar-refractivity contribution in [1.29, 1.82) is 0 Å². The molecule has 2 atom stereocenters. The summed E-state index contributed by atoms with van der Waals surface area (Å²) in [6.07, 6.45) is 3.71. The van der Waals surface area contributed by atoms with Gasteiger partial charge in [-0.15, -0.1) is 0 Å². The fourth-order valence-corrected chi connectivity index (χ4v) is 3.21. The molecule has 4 heteroatoms. The quantitative estimate of drug-likeness (QED) is 0.860. The van der Waals surface area contributed by atoms with Gasteiger partial charge in [0.2, 0.25) is 0 Å². The minimum atomic E-state index is 0.552. The molecule has 2 fully saturated rings. The van der Waals surface area contributed by atoms with E-state index in [-0.39, 0.29) is 0 Å². The van der Waals surface area contributed by atoms with Gasteiger partial charge in [-0.1, -0.05) is 29.8 Å². The van der Waals surface area contributed by atoms with Gasteiger partial charge in [-0.05, 0) is 49.9 Å². The molecule has 0 unspecified atom stereocenters. The molecule has 2 aliphatic carbocycles. The van der Waals surface area contributed by atoms with Gasteiger partial charge >= 0.3 is 0 Å². The van der Waals surface area contributed by atoms with Gasteiger partial charge in [0.1, 0.15) is 5.82 Å². The van der Waals surface area contributed by atoms with Crippen LogP contribution in [-0.2, 0) is 0 Å². The summed E-state index contributed by atoms with van der Waals surface area (Å²) < 4.78 is 3.06. The van der Waals surface area contributed by atoms with Gasteiger partial charge in [0.25, 0.3) is 0 Å². The minimum absolute atomic E-state index is 0.552. The molecule has 0 aliphatic heterocycles. The van der Waals surface area contributed by atoms with Gasteiger partial charge in [0.05, 0.1) is 0 Å². The molecule has 0 radical (unpaired) electrons. The average molecular weight is 271 g/mol. The number of aromatic nitrogens is 3. The van der Waals surface area contributed by atoms with Gasteiger partial charge in [0.15, 0.2) is 4.77 Å². The molecule has 19 heavy (non-hydrogen) atoms.